The Hall–Kier alpha value is -1.68. The summed E-state index contributed by atoms with van der Waals surface area (Å²) in [5.41, 5.74) is 3.78. The zero-order valence-electron chi connectivity index (χ0n) is 12.5. The van der Waals surface area contributed by atoms with Gasteiger partial charge >= 0.3 is 0 Å². The minimum absolute atomic E-state index is 0.282. The van der Waals surface area contributed by atoms with Gasteiger partial charge in [0, 0.05) is 26.2 Å². The number of hydrogen-bond acceptors (Lipinski definition) is 3. The van der Waals surface area contributed by atoms with E-state index in [1.807, 2.05) is 6.07 Å². The van der Waals surface area contributed by atoms with Crippen molar-refractivity contribution in [1.29, 1.82) is 0 Å². The third-order valence-corrected chi connectivity index (χ3v) is 3.31. The minimum atomic E-state index is -0.282. The number of hydrogen-bond donors (Lipinski definition) is 3. The summed E-state index contributed by atoms with van der Waals surface area (Å²) in [5, 5.41) is 15.7. The van der Waals surface area contributed by atoms with Crippen LogP contribution in [0, 0.1) is 0 Å². The van der Waals surface area contributed by atoms with E-state index >= 15 is 0 Å². The summed E-state index contributed by atoms with van der Waals surface area (Å²) in [7, 11) is 0. The van der Waals surface area contributed by atoms with Crippen molar-refractivity contribution in [3.8, 4) is 11.1 Å². The Labute approximate surface area is 127 Å². The highest BCUT2D eigenvalue weighted by molar-refractivity contribution is 5.63. The second kappa shape index (κ2) is 8.57. The maximum atomic E-state index is 9.12. The van der Waals surface area contributed by atoms with E-state index in [0.717, 1.165) is 19.6 Å². The first kappa shape index (κ1) is 15.7. The Morgan fingerprint density at radius 2 is 1.48 bits per heavy atom. The van der Waals surface area contributed by atoms with Crippen LogP contribution >= 0.6 is 0 Å². The van der Waals surface area contributed by atoms with Crippen molar-refractivity contribution in [2.24, 2.45) is 0 Å². The van der Waals surface area contributed by atoms with Crippen molar-refractivity contribution in [2.45, 2.75) is 19.6 Å². The van der Waals surface area contributed by atoms with E-state index in [1.54, 1.807) is 6.92 Å². The van der Waals surface area contributed by atoms with Crippen LogP contribution in [0.3, 0.4) is 0 Å². The molecular formula is C18H24N2O. The summed E-state index contributed by atoms with van der Waals surface area (Å²) in [4.78, 5) is 0. The van der Waals surface area contributed by atoms with Crippen molar-refractivity contribution in [3.63, 3.8) is 0 Å². The zero-order chi connectivity index (χ0) is 14.9. The average Bonchev–Trinajstić information content (AvgIpc) is 2.52. The van der Waals surface area contributed by atoms with Gasteiger partial charge in [-0.2, -0.15) is 0 Å². The summed E-state index contributed by atoms with van der Waals surface area (Å²) in [5.74, 6) is 0. The van der Waals surface area contributed by atoms with Gasteiger partial charge in [-0.1, -0.05) is 54.6 Å². The lowest BCUT2D eigenvalue weighted by Crippen LogP contribution is -2.31. The molecule has 0 spiro atoms. The van der Waals surface area contributed by atoms with E-state index in [1.165, 1.54) is 16.7 Å². The Balaban J connectivity index is 1.73. The van der Waals surface area contributed by atoms with Gasteiger partial charge in [-0.3, -0.25) is 0 Å². The number of aliphatic hydroxyl groups is 1. The second-order valence-corrected chi connectivity index (χ2v) is 5.29. The molecule has 0 amide bonds. The monoisotopic (exact) mass is 284 g/mol. The molecule has 112 valence electrons. The molecule has 2 aromatic carbocycles. The Kier molecular flexibility index (Phi) is 6.41. The van der Waals surface area contributed by atoms with Crippen LogP contribution in [0.25, 0.3) is 11.1 Å². The summed E-state index contributed by atoms with van der Waals surface area (Å²) in [6, 6.07) is 19.1. The molecule has 0 fully saturated rings. The molecule has 21 heavy (non-hydrogen) atoms. The van der Waals surface area contributed by atoms with Gasteiger partial charge in [-0.15, -0.1) is 0 Å². The van der Waals surface area contributed by atoms with Gasteiger partial charge < -0.3 is 15.7 Å². The van der Waals surface area contributed by atoms with Crippen molar-refractivity contribution in [1.82, 2.24) is 10.6 Å². The third kappa shape index (κ3) is 5.68. The molecule has 0 unspecified atom stereocenters. The van der Waals surface area contributed by atoms with Gasteiger partial charge in [-0.05, 0) is 23.6 Å². The predicted molar refractivity (Wildman–Crippen MR) is 88.1 cm³/mol. The van der Waals surface area contributed by atoms with Crippen molar-refractivity contribution >= 4 is 0 Å². The van der Waals surface area contributed by atoms with Crippen LogP contribution in [0.2, 0.25) is 0 Å². The summed E-state index contributed by atoms with van der Waals surface area (Å²) >= 11 is 0. The Morgan fingerprint density at radius 1 is 0.857 bits per heavy atom. The van der Waals surface area contributed by atoms with E-state index in [-0.39, 0.29) is 6.10 Å². The first-order chi connectivity index (χ1) is 10.3. The number of aliphatic hydroxyl groups excluding tert-OH is 1. The summed E-state index contributed by atoms with van der Waals surface area (Å²) < 4.78 is 0. The molecule has 2 rings (SSSR count). The molecule has 0 aliphatic heterocycles. The lowest BCUT2D eigenvalue weighted by molar-refractivity contribution is 0.191. The molecule has 0 bridgehead atoms. The molecule has 3 nitrogen and oxygen atoms in total. The number of nitrogens with one attached hydrogen (secondary N) is 2. The fourth-order valence-electron chi connectivity index (χ4n) is 2.17. The summed E-state index contributed by atoms with van der Waals surface area (Å²) in [6.07, 6.45) is -0.282. The van der Waals surface area contributed by atoms with Gasteiger partial charge in [-0.25, -0.2) is 0 Å². The Morgan fingerprint density at radius 3 is 2.14 bits per heavy atom. The smallest absolute Gasteiger partial charge is 0.0636 e. The van der Waals surface area contributed by atoms with E-state index in [2.05, 4.69) is 59.2 Å². The molecule has 3 N–H and O–H groups in total. The molecule has 0 radical (unpaired) electrons. The van der Waals surface area contributed by atoms with Gasteiger partial charge in [0.05, 0.1) is 6.10 Å². The molecule has 3 heteroatoms. The maximum absolute atomic E-state index is 9.12. The topological polar surface area (TPSA) is 44.3 Å². The predicted octanol–water partition coefficient (Wildman–Crippen LogP) is 2.41. The van der Waals surface area contributed by atoms with Crippen LogP contribution < -0.4 is 10.6 Å². The van der Waals surface area contributed by atoms with E-state index < -0.39 is 0 Å². The molecule has 0 aliphatic carbocycles. The van der Waals surface area contributed by atoms with E-state index in [0.29, 0.717) is 6.54 Å². The first-order valence-corrected chi connectivity index (χ1v) is 7.49. The first-order valence-electron chi connectivity index (χ1n) is 7.49. The zero-order valence-corrected chi connectivity index (χ0v) is 12.5. The van der Waals surface area contributed by atoms with Gasteiger partial charge in [0.1, 0.15) is 0 Å². The molecule has 0 aliphatic rings. The van der Waals surface area contributed by atoms with Crippen LogP contribution in [0.1, 0.15) is 12.5 Å². The molecular weight excluding hydrogens is 260 g/mol. The molecule has 0 saturated carbocycles. The summed E-state index contributed by atoms with van der Waals surface area (Å²) in [6.45, 7) is 5.06. The highest BCUT2D eigenvalue weighted by atomic mass is 16.3. The van der Waals surface area contributed by atoms with Gasteiger partial charge in [0.2, 0.25) is 0 Å². The minimum Gasteiger partial charge on any atom is -0.392 e. The Bertz CT molecular complexity index is 509. The average molecular weight is 284 g/mol. The lowest BCUT2D eigenvalue weighted by Gasteiger charge is -2.08. The van der Waals surface area contributed by atoms with E-state index in [9.17, 15) is 0 Å². The van der Waals surface area contributed by atoms with Crippen molar-refractivity contribution < 1.29 is 5.11 Å². The second-order valence-electron chi connectivity index (χ2n) is 5.29. The molecule has 1 atom stereocenters. The number of rotatable bonds is 8. The highest BCUT2D eigenvalue weighted by Gasteiger charge is 1.98. The van der Waals surface area contributed by atoms with Crippen molar-refractivity contribution in [2.75, 3.05) is 19.6 Å². The molecule has 0 aromatic heterocycles. The van der Waals surface area contributed by atoms with Crippen LogP contribution in [-0.4, -0.2) is 30.8 Å². The van der Waals surface area contributed by atoms with E-state index in [4.69, 9.17) is 5.11 Å². The molecule has 0 heterocycles. The third-order valence-electron chi connectivity index (χ3n) is 3.31. The lowest BCUT2D eigenvalue weighted by atomic mass is 10.0. The largest absolute Gasteiger partial charge is 0.392 e. The van der Waals surface area contributed by atoms with Crippen LogP contribution in [0.15, 0.2) is 54.6 Å². The molecule has 2 aromatic rings. The van der Waals surface area contributed by atoms with Gasteiger partial charge in [0.15, 0.2) is 0 Å². The van der Waals surface area contributed by atoms with Crippen LogP contribution in [-0.2, 0) is 6.54 Å². The van der Waals surface area contributed by atoms with Gasteiger partial charge in [0.25, 0.3) is 0 Å². The maximum Gasteiger partial charge on any atom is 0.0636 e. The fraction of sp³-hybridized carbons (Fsp3) is 0.333. The fourth-order valence-corrected chi connectivity index (χ4v) is 2.17. The number of benzene rings is 2. The standard InChI is InChI=1S/C18H24N2O/c1-15(21)13-19-11-12-20-14-16-7-9-18(10-8-16)17-5-3-2-4-6-17/h2-10,15,19-21H,11-14H2,1H3/t15-/m1/s1. The molecule has 0 saturated heterocycles. The van der Waals surface area contributed by atoms with Crippen LogP contribution in [0.4, 0.5) is 0 Å². The normalized spacial score (nSPS) is 12.3. The van der Waals surface area contributed by atoms with Crippen molar-refractivity contribution in [3.05, 3.63) is 60.2 Å². The quantitative estimate of drug-likeness (QED) is 0.652. The SMILES string of the molecule is C[C@@H](O)CNCCNCc1ccc(-c2ccccc2)cc1. The highest BCUT2D eigenvalue weighted by Crippen LogP contribution is 2.18. The van der Waals surface area contributed by atoms with Crippen LogP contribution in [0.5, 0.6) is 0 Å².